The van der Waals surface area contributed by atoms with E-state index in [-0.39, 0.29) is 0 Å². The molecule has 2 heteroatoms. The summed E-state index contributed by atoms with van der Waals surface area (Å²) in [6, 6.07) is 0.528. The lowest BCUT2D eigenvalue weighted by atomic mass is 10.0. The molecule has 0 radical (unpaired) electrons. The van der Waals surface area contributed by atoms with E-state index in [1.807, 2.05) is 0 Å². The highest BCUT2D eigenvalue weighted by Crippen LogP contribution is 2.07. The Morgan fingerprint density at radius 1 is 1.20 bits per heavy atom. The van der Waals surface area contributed by atoms with E-state index in [0.717, 1.165) is 25.6 Å². The maximum Gasteiger partial charge on any atom is 0.0598 e. The molecule has 0 aromatic carbocycles. The zero-order chi connectivity index (χ0) is 11.8. The molecule has 0 saturated carbocycles. The smallest absolute Gasteiger partial charge is 0.0598 e. The van der Waals surface area contributed by atoms with Crippen LogP contribution in [0.2, 0.25) is 0 Å². The van der Waals surface area contributed by atoms with Crippen molar-refractivity contribution in [1.82, 2.24) is 10.2 Å². The number of nitrogens with one attached hydrogen (secondary N) is 1. The molecule has 0 rings (SSSR count). The van der Waals surface area contributed by atoms with Crippen LogP contribution in [0.15, 0.2) is 0 Å². The third kappa shape index (κ3) is 6.54. The van der Waals surface area contributed by atoms with Crippen molar-refractivity contribution >= 4 is 0 Å². The zero-order valence-electron chi connectivity index (χ0n) is 10.9. The van der Waals surface area contributed by atoms with Crippen LogP contribution >= 0.6 is 0 Å². The molecule has 0 bridgehead atoms. The topological polar surface area (TPSA) is 15.3 Å². The van der Waals surface area contributed by atoms with Crippen LogP contribution in [-0.2, 0) is 0 Å². The first-order valence-corrected chi connectivity index (χ1v) is 5.83. The van der Waals surface area contributed by atoms with Crippen LogP contribution in [-0.4, -0.2) is 37.6 Å². The maximum absolute atomic E-state index is 5.30. The normalized spacial score (nSPS) is 15.3. The van der Waals surface area contributed by atoms with Crippen molar-refractivity contribution in [2.45, 2.75) is 33.7 Å². The molecular formula is C13H26N2. The third-order valence-corrected chi connectivity index (χ3v) is 2.88. The standard InChI is InChI=1S/C13H26N2/c1-7-8-15(6)13(5)12(4)10-14-9-11(2)3/h1,11-14H,8-10H2,2-6H3. The van der Waals surface area contributed by atoms with Crippen LogP contribution in [0.4, 0.5) is 0 Å². The van der Waals surface area contributed by atoms with Gasteiger partial charge < -0.3 is 5.32 Å². The van der Waals surface area contributed by atoms with Crippen LogP contribution in [0.3, 0.4) is 0 Å². The minimum atomic E-state index is 0.528. The fourth-order valence-corrected chi connectivity index (χ4v) is 1.49. The van der Waals surface area contributed by atoms with Gasteiger partial charge in [-0.1, -0.05) is 26.7 Å². The van der Waals surface area contributed by atoms with Gasteiger partial charge in [0.2, 0.25) is 0 Å². The van der Waals surface area contributed by atoms with Gasteiger partial charge in [0.1, 0.15) is 0 Å². The second-order valence-corrected chi connectivity index (χ2v) is 4.89. The van der Waals surface area contributed by atoms with Crippen molar-refractivity contribution in [3.63, 3.8) is 0 Å². The van der Waals surface area contributed by atoms with Crippen molar-refractivity contribution in [2.24, 2.45) is 11.8 Å². The van der Waals surface area contributed by atoms with E-state index < -0.39 is 0 Å². The van der Waals surface area contributed by atoms with Gasteiger partial charge in [0.25, 0.3) is 0 Å². The van der Waals surface area contributed by atoms with Crippen molar-refractivity contribution in [2.75, 3.05) is 26.7 Å². The van der Waals surface area contributed by atoms with Gasteiger partial charge in [0.05, 0.1) is 6.54 Å². The molecule has 2 nitrogen and oxygen atoms in total. The van der Waals surface area contributed by atoms with Crippen LogP contribution in [0.5, 0.6) is 0 Å². The summed E-state index contributed by atoms with van der Waals surface area (Å²) in [5, 5.41) is 3.48. The lowest BCUT2D eigenvalue weighted by Gasteiger charge is -2.28. The first-order chi connectivity index (χ1) is 6.99. The maximum atomic E-state index is 5.30. The second-order valence-electron chi connectivity index (χ2n) is 4.89. The minimum absolute atomic E-state index is 0.528. The molecule has 0 aromatic heterocycles. The summed E-state index contributed by atoms with van der Waals surface area (Å²) < 4.78 is 0. The van der Waals surface area contributed by atoms with E-state index in [0.29, 0.717) is 12.0 Å². The van der Waals surface area contributed by atoms with Gasteiger partial charge in [-0.3, -0.25) is 4.90 Å². The Labute approximate surface area is 95.4 Å². The van der Waals surface area contributed by atoms with Crippen molar-refractivity contribution in [1.29, 1.82) is 0 Å². The van der Waals surface area contributed by atoms with Crippen LogP contribution < -0.4 is 5.32 Å². The number of rotatable bonds is 7. The molecule has 0 heterocycles. The molecule has 0 aliphatic carbocycles. The predicted octanol–water partition coefficient (Wildman–Crippen LogP) is 1.82. The number of hydrogen-bond acceptors (Lipinski definition) is 2. The molecule has 2 unspecified atom stereocenters. The van der Waals surface area contributed by atoms with Crippen molar-refractivity contribution < 1.29 is 0 Å². The number of nitrogens with zero attached hydrogens (tertiary/aromatic N) is 1. The first kappa shape index (κ1) is 14.5. The van der Waals surface area contributed by atoms with Gasteiger partial charge in [0, 0.05) is 6.04 Å². The Balaban J connectivity index is 3.78. The largest absolute Gasteiger partial charge is 0.316 e. The number of terminal acetylenes is 1. The summed E-state index contributed by atoms with van der Waals surface area (Å²) in [7, 11) is 2.09. The average Bonchev–Trinajstić information content (AvgIpc) is 2.16. The van der Waals surface area contributed by atoms with Gasteiger partial charge >= 0.3 is 0 Å². The first-order valence-electron chi connectivity index (χ1n) is 5.83. The van der Waals surface area contributed by atoms with E-state index in [9.17, 15) is 0 Å². The lowest BCUT2D eigenvalue weighted by Crippen LogP contribution is -2.39. The molecule has 0 aromatic rings. The van der Waals surface area contributed by atoms with E-state index in [1.54, 1.807) is 0 Å². The highest BCUT2D eigenvalue weighted by molar-refractivity contribution is 4.89. The summed E-state index contributed by atoms with van der Waals surface area (Å²) in [6.07, 6.45) is 5.30. The molecule has 1 N–H and O–H groups in total. The average molecular weight is 210 g/mol. The summed E-state index contributed by atoms with van der Waals surface area (Å²) >= 11 is 0. The Kier molecular flexibility index (Phi) is 7.46. The van der Waals surface area contributed by atoms with E-state index in [2.05, 4.69) is 50.9 Å². The van der Waals surface area contributed by atoms with Gasteiger partial charge in [-0.2, -0.15) is 0 Å². The van der Waals surface area contributed by atoms with Crippen molar-refractivity contribution in [3.8, 4) is 12.3 Å². The van der Waals surface area contributed by atoms with Gasteiger partial charge in [-0.25, -0.2) is 0 Å². The highest BCUT2D eigenvalue weighted by Gasteiger charge is 2.15. The monoisotopic (exact) mass is 210 g/mol. The second kappa shape index (κ2) is 7.73. The zero-order valence-corrected chi connectivity index (χ0v) is 10.9. The summed E-state index contributed by atoms with van der Waals surface area (Å²) in [6.45, 7) is 11.8. The molecule has 2 atom stereocenters. The SMILES string of the molecule is C#CCN(C)C(C)C(C)CNCC(C)C. The van der Waals surface area contributed by atoms with Gasteiger partial charge in [-0.05, 0) is 38.9 Å². The summed E-state index contributed by atoms with van der Waals surface area (Å²) in [5.74, 6) is 4.03. The predicted molar refractivity (Wildman–Crippen MR) is 67.8 cm³/mol. The van der Waals surface area contributed by atoms with Gasteiger partial charge in [-0.15, -0.1) is 6.42 Å². The third-order valence-electron chi connectivity index (χ3n) is 2.88. The molecule has 0 aliphatic heterocycles. The van der Waals surface area contributed by atoms with Gasteiger partial charge in [0.15, 0.2) is 0 Å². The van der Waals surface area contributed by atoms with Crippen molar-refractivity contribution in [3.05, 3.63) is 0 Å². The Morgan fingerprint density at radius 2 is 1.80 bits per heavy atom. The summed E-state index contributed by atoms with van der Waals surface area (Å²) in [5.41, 5.74) is 0. The van der Waals surface area contributed by atoms with Crippen LogP contribution in [0.1, 0.15) is 27.7 Å². The molecule has 0 amide bonds. The Bertz CT molecular complexity index is 193. The molecule has 0 fully saturated rings. The van der Waals surface area contributed by atoms with E-state index in [1.165, 1.54) is 0 Å². The molecule has 0 aliphatic rings. The summed E-state index contributed by atoms with van der Waals surface area (Å²) in [4.78, 5) is 2.22. The number of hydrogen-bond donors (Lipinski definition) is 1. The van der Waals surface area contributed by atoms with Crippen LogP contribution in [0, 0.1) is 24.2 Å². The molecule has 0 spiro atoms. The Hall–Kier alpha value is -0.520. The molecule has 88 valence electrons. The molecule has 0 saturated heterocycles. The van der Waals surface area contributed by atoms with E-state index in [4.69, 9.17) is 6.42 Å². The quantitative estimate of drug-likeness (QED) is 0.645. The molecular weight excluding hydrogens is 184 g/mol. The minimum Gasteiger partial charge on any atom is -0.316 e. The highest BCUT2D eigenvalue weighted by atomic mass is 15.1. The molecule has 15 heavy (non-hydrogen) atoms. The fraction of sp³-hybridized carbons (Fsp3) is 0.846. The van der Waals surface area contributed by atoms with E-state index >= 15 is 0 Å². The van der Waals surface area contributed by atoms with Crippen LogP contribution in [0.25, 0.3) is 0 Å². The lowest BCUT2D eigenvalue weighted by molar-refractivity contribution is 0.216. The fourth-order valence-electron chi connectivity index (χ4n) is 1.49. The Morgan fingerprint density at radius 3 is 2.27 bits per heavy atom.